The van der Waals surface area contributed by atoms with Crippen LogP contribution in [0.15, 0.2) is 12.5 Å². The van der Waals surface area contributed by atoms with Gasteiger partial charge in [-0.1, -0.05) is 0 Å². The average Bonchev–Trinajstić information content (AvgIpc) is 3.11. The number of alkyl halides is 3. The molecule has 23 heavy (non-hydrogen) atoms. The van der Waals surface area contributed by atoms with Gasteiger partial charge in [-0.05, 0) is 12.8 Å². The molecule has 3 heterocycles. The van der Waals surface area contributed by atoms with Crippen LogP contribution >= 0.6 is 0 Å². The summed E-state index contributed by atoms with van der Waals surface area (Å²) in [6.45, 7) is -0.784. The van der Waals surface area contributed by atoms with Gasteiger partial charge in [0.05, 0.1) is 11.6 Å². The van der Waals surface area contributed by atoms with Crippen LogP contribution in [0, 0.1) is 0 Å². The maximum atomic E-state index is 12.3. The van der Waals surface area contributed by atoms with Gasteiger partial charge in [0.25, 0.3) is 0 Å². The Morgan fingerprint density at radius 1 is 1.43 bits per heavy atom. The van der Waals surface area contributed by atoms with Crippen LogP contribution < -0.4 is 10.2 Å². The van der Waals surface area contributed by atoms with E-state index in [1.807, 2.05) is 5.32 Å². The monoisotopic (exact) mass is 328 g/mol. The molecule has 1 aliphatic heterocycles. The number of aromatic nitrogens is 4. The van der Waals surface area contributed by atoms with Crippen molar-refractivity contribution in [2.24, 2.45) is 7.05 Å². The van der Waals surface area contributed by atoms with Crippen LogP contribution in [0.4, 0.5) is 19.0 Å². The van der Waals surface area contributed by atoms with Gasteiger partial charge in [0, 0.05) is 13.6 Å². The van der Waals surface area contributed by atoms with E-state index in [1.165, 1.54) is 6.33 Å². The molecule has 0 unspecified atom stereocenters. The molecule has 2 aromatic heterocycles. The summed E-state index contributed by atoms with van der Waals surface area (Å²) in [7, 11) is 1.73. The number of hydrogen-bond acceptors (Lipinski definition) is 5. The van der Waals surface area contributed by atoms with Crippen molar-refractivity contribution in [2.75, 3.05) is 18.0 Å². The van der Waals surface area contributed by atoms with E-state index in [0.29, 0.717) is 36.2 Å². The smallest absolute Gasteiger partial charge is 0.345 e. The lowest BCUT2D eigenvalue weighted by Gasteiger charge is -2.25. The Balaban J connectivity index is 1.85. The molecule has 0 spiro atoms. The molecule has 1 fully saturated rings. The summed E-state index contributed by atoms with van der Waals surface area (Å²) < 4.78 is 38.4. The molecule has 0 bridgehead atoms. The molecule has 2 aromatic rings. The first-order valence-corrected chi connectivity index (χ1v) is 7.10. The topological polar surface area (TPSA) is 75.9 Å². The number of halogens is 3. The molecule has 10 heteroatoms. The third-order valence-corrected chi connectivity index (χ3v) is 3.80. The summed E-state index contributed by atoms with van der Waals surface area (Å²) in [4.78, 5) is 22.1. The van der Waals surface area contributed by atoms with Gasteiger partial charge in [-0.2, -0.15) is 18.3 Å². The number of aryl methyl sites for hydroxylation is 1. The van der Waals surface area contributed by atoms with Gasteiger partial charge >= 0.3 is 6.18 Å². The Bertz CT molecular complexity index is 728. The van der Waals surface area contributed by atoms with E-state index < -0.39 is 24.7 Å². The van der Waals surface area contributed by atoms with E-state index in [-0.39, 0.29) is 0 Å². The predicted octanol–water partition coefficient (Wildman–Crippen LogP) is 1.01. The van der Waals surface area contributed by atoms with Crippen LogP contribution in [-0.2, 0) is 11.8 Å². The molecule has 1 N–H and O–H groups in total. The largest absolute Gasteiger partial charge is 0.405 e. The minimum atomic E-state index is -4.43. The fraction of sp³-hybridized carbons (Fsp3) is 0.538. The van der Waals surface area contributed by atoms with Crippen molar-refractivity contribution in [1.82, 2.24) is 25.1 Å². The second-order valence-corrected chi connectivity index (χ2v) is 5.39. The molecule has 0 saturated carbocycles. The maximum Gasteiger partial charge on any atom is 0.405 e. The Morgan fingerprint density at radius 3 is 2.96 bits per heavy atom. The van der Waals surface area contributed by atoms with Crippen LogP contribution in [0.25, 0.3) is 11.0 Å². The quantitative estimate of drug-likeness (QED) is 0.910. The zero-order valence-corrected chi connectivity index (χ0v) is 12.3. The molecule has 1 atom stereocenters. The highest BCUT2D eigenvalue weighted by Gasteiger charge is 2.35. The van der Waals surface area contributed by atoms with Crippen molar-refractivity contribution in [3.8, 4) is 0 Å². The van der Waals surface area contributed by atoms with Crippen LogP contribution in [0.1, 0.15) is 12.8 Å². The lowest BCUT2D eigenvalue weighted by Crippen LogP contribution is -2.46. The summed E-state index contributed by atoms with van der Waals surface area (Å²) >= 11 is 0. The standard InChI is InChI=1S/C13H15F3N6O/c1-21-10-8(5-20-21)11(19-7-18-10)22-4-2-3-9(22)12(23)17-6-13(14,15)16/h5,7,9H,2-4,6H2,1H3,(H,17,23)/t9-/m0/s1. The van der Waals surface area contributed by atoms with Crippen LogP contribution in [0.3, 0.4) is 0 Å². The molecule has 0 aliphatic carbocycles. The molecule has 0 aromatic carbocycles. The highest BCUT2D eigenvalue weighted by molar-refractivity contribution is 5.91. The van der Waals surface area contributed by atoms with Gasteiger partial charge in [-0.25, -0.2) is 9.97 Å². The number of carbonyl (C=O) groups is 1. The third-order valence-electron chi connectivity index (χ3n) is 3.80. The minimum Gasteiger partial charge on any atom is -0.345 e. The summed E-state index contributed by atoms with van der Waals surface area (Å²) in [6.07, 6.45) is -0.286. The highest BCUT2D eigenvalue weighted by Crippen LogP contribution is 2.29. The van der Waals surface area contributed by atoms with Gasteiger partial charge in [0.2, 0.25) is 5.91 Å². The molecule has 124 valence electrons. The Kier molecular flexibility index (Phi) is 3.82. The van der Waals surface area contributed by atoms with Crippen LogP contribution in [0.5, 0.6) is 0 Å². The first-order valence-electron chi connectivity index (χ1n) is 7.10. The van der Waals surface area contributed by atoms with Crippen LogP contribution in [0.2, 0.25) is 0 Å². The van der Waals surface area contributed by atoms with E-state index in [9.17, 15) is 18.0 Å². The van der Waals surface area contributed by atoms with E-state index >= 15 is 0 Å². The first-order chi connectivity index (χ1) is 10.9. The second-order valence-electron chi connectivity index (χ2n) is 5.39. The number of amides is 1. The predicted molar refractivity (Wildman–Crippen MR) is 75.7 cm³/mol. The molecule has 1 aliphatic rings. The van der Waals surface area contributed by atoms with E-state index in [0.717, 1.165) is 0 Å². The van der Waals surface area contributed by atoms with Crippen molar-refractivity contribution < 1.29 is 18.0 Å². The lowest BCUT2D eigenvalue weighted by atomic mass is 10.2. The molecule has 7 nitrogen and oxygen atoms in total. The molecule has 0 radical (unpaired) electrons. The second kappa shape index (κ2) is 5.67. The van der Waals surface area contributed by atoms with Crippen LogP contribution in [-0.4, -0.2) is 51.0 Å². The maximum absolute atomic E-state index is 12.3. The number of fused-ring (bicyclic) bond motifs is 1. The van der Waals surface area contributed by atoms with Crippen molar-refractivity contribution >= 4 is 22.8 Å². The number of nitrogens with zero attached hydrogens (tertiary/aromatic N) is 5. The summed E-state index contributed by atoms with van der Waals surface area (Å²) in [5.41, 5.74) is 0.608. The third kappa shape index (κ3) is 3.06. The summed E-state index contributed by atoms with van der Waals surface area (Å²) in [6, 6.07) is -0.671. The number of rotatable bonds is 3. The normalized spacial score (nSPS) is 18.6. The number of anilines is 1. The van der Waals surface area contributed by atoms with Crippen molar-refractivity contribution in [2.45, 2.75) is 25.1 Å². The highest BCUT2D eigenvalue weighted by atomic mass is 19.4. The van der Waals surface area contributed by atoms with Gasteiger partial charge in [-0.15, -0.1) is 0 Å². The van der Waals surface area contributed by atoms with Crippen molar-refractivity contribution in [3.63, 3.8) is 0 Å². The minimum absolute atomic E-state index is 0.482. The average molecular weight is 328 g/mol. The van der Waals surface area contributed by atoms with Crippen molar-refractivity contribution in [1.29, 1.82) is 0 Å². The van der Waals surface area contributed by atoms with E-state index in [1.54, 1.807) is 22.8 Å². The number of hydrogen-bond donors (Lipinski definition) is 1. The summed E-state index contributed by atoms with van der Waals surface area (Å²) in [5, 5.41) is 6.72. The zero-order chi connectivity index (χ0) is 16.6. The Labute approximate surface area is 129 Å². The van der Waals surface area contributed by atoms with E-state index in [4.69, 9.17) is 0 Å². The Morgan fingerprint density at radius 2 is 2.22 bits per heavy atom. The van der Waals surface area contributed by atoms with Gasteiger partial charge in [0.1, 0.15) is 24.7 Å². The Hall–Kier alpha value is -2.39. The fourth-order valence-corrected chi connectivity index (χ4v) is 2.78. The van der Waals surface area contributed by atoms with Gasteiger partial charge in [0.15, 0.2) is 5.65 Å². The molecule has 1 saturated heterocycles. The summed E-state index contributed by atoms with van der Waals surface area (Å²) in [5.74, 6) is -0.122. The number of nitrogens with one attached hydrogen (secondary N) is 1. The van der Waals surface area contributed by atoms with Gasteiger partial charge < -0.3 is 10.2 Å². The SMILES string of the molecule is Cn1ncc2c(N3CCC[C@H]3C(=O)NCC(F)(F)F)ncnc21. The van der Waals surface area contributed by atoms with Gasteiger partial charge in [-0.3, -0.25) is 9.48 Å². The molecular formula is C13H15F3N6O. The lowest BCUT2D eigenvalue weighted by molar-refractivity contribution is -0.139. The molecular weight excluding hydrogens is 313 g/mol. The van der Waals surface area contributed by atoms with E-state index in [2.05, 4.69) is 15.1 Å². The zero-order valence-electron chi connectivity index (χ0n) is 12.3. The fourth-order valence-electron chi connectivity index (χ4n) is 2.78. The molecule has 3 rings (SSSR count). The molecule has 1 amide bonds. The number of carbonyl (C=O) groups excluding carboxylic acids is 1. The first kappa shape index (κ1) is 15.5. The van der Waals surface area contributed by atoms with Crippen molar-refractivity contribution in [3.05, 3.63) is 12.5 Å².